The van der Waals surface area contributed by atoms with Gasteiger partial charge in [-0.3, -0.25) is 9.59 Å². The van der Waals surface area contributed by atoms with Crippen LogP contribution in [0, 0.1) is 0 Å². The van der Waals surface area contributed by atoms with Crippen molar-refractivity contribution in [2.75, 3.05) is 7.11 Å². The Balaban J connectivity index is 3.02. The van der Waals surface area contributed by atoms with Gasteiger partial charge in [0.2, 0.25) is 0 Å². The molecule has 0 unspecified atom stereocenters. The number of carbonyl (C=O) groups is 3. The van der Waals surface area contributed by atoms with E-state index in [1.807, 2.05) is 0 Å². The topological polar surface area (TPSA) is 78.9 Å². The van der Waals surface area contributed by atoms with E-state index in [1.54, 1.807) is 0 Å². The number of esters is 1. The highest BCUT2D eigenvalue weighted by Gasteiger charge is 2.11. The zero-order chi connectivity index (χ0) is 12.0. The molecule has 1 aromatic rings. The first-order valence-corrected chi connectivity index (χ1v) is 4.16. The monoisotopic (exact) mass is 224 g/mol. The SMILES string of the molecule is COc1cc(C(=O)OC=O)ccc1OC=O. The van der Waals surface area contributed by atoms with Crippen molar-refractivity contribution in [3.05, 3.63) is 23.8 Å². The number of benzene rings is 1. The van der Waals surface area contributed by atoms with E-state index in [4.69, 9.17) is 4.74 Å². The van der Waals surface area contributed by atoms with Crippen molar-refractivity contribution in [3.8, 4) is 11.5 Å². The molecule has 0 aliphatic rings. The molecule has 84 valence electrons. The Morgan fingerprint density at radius 1 is 1.19 bits per heavy atom. The van der Waals surface area contributed by atoms with Gasteiger partial charge < -0.3 is 14.2 Å². The third kappa shape index (κ3) is 2.57. The van der Waals surface area contributed by atoms with E-state index in [9.17, 15) is 14.4 Å². The average Bonchev–Trinajstić information content (AvgIpc) is 2.30. The second kappa shape index (κ2) is 5.50. The quantitative estimate of drug-likeness (QED) is 0.412. The fourth-order valence-corrected chi connectivity index (χ4v) is 1.06. The van der Waals surface area contributed by atoms with Crippen molar-refractivity contribution in [1.82, 2.24) is 0 Å². The van der Waals surface area contributed by atoms with Crippen LogP contribution < -0.4 is 9.47 Å². The van der Waals surface area contributed by atoms with E-state index >= 15 is 0 Å². The molecule has 1 rings (SSSR count). The van der Waals surface area contributed by atoms with Crippen molar-refractivity contribution in [1.29, 1.82) is 0 Å². The maximum atomic E-state index is 11.2. The fourth-order valence-electron chi connectivity index (χ4n) is 1.06. The standard InChI is InChI=1S/C10H8O6/c1-14-9-4-7(10(13)16-6-12)2-3-8(9)15-5-11/h2-6H,1H3. The molecule has 0 aliphatic heterocycles. The van der Waals surface area contributed by atoms with Crippen LogP contribution >= 0.6 is 0 Å². The average molecular weight is 224 g/mol. The van der Waals surface area contributed by atoms with Crippen LogP contribution in [-0.2, 0) is 14.3 Å². The summed E-state index contributed by atoms with van der Waals surface area (Å²) in [5, 5.41) is 0. The van der Waals surface area contributed by atoms with E-state index in [0.29, 0.717) is 0 Å². The minimum atomic E-state index is -0.814. The lowest BCUT2D eigenvalue weighted by Crippen LogP contribution is -2.04. The Hall–Kier alpha value is -2.37. The number of hydrogen-bond donors (Lipinski definition) is 0. The lowest BCUT2D eigenvalue weighted by Gasteiger charge is -2.06. The maximum Gasteiger partial charge on any atom is 0.345 e. The minimum Gasteiger partial charge on any atom is -0.493 e. The normalized spacial score (nSPS) is 9.06. The molecule has 0 amide bonds. The predicted octanol–water partition coefficient (Wildman–Crippen LogP) is 0.544. The van der Waals surface area contributed by atoms with Gasteiger partial charge in [-0.25, -0.2) is 4.79 Å². The molecule has 0 saturated heterocycles. The molecule has 16 heavy (non-hydrogen) atoms. The first kappa shape index (κ1) is 11.7. The Morgan fingerprint density at radius 3 is 2.50 bits per heavy atom. The largest absolute Gasteiger partial charge is 0.493 e. The molecule has 0 radical (unpaired) electrons. The van der Waals surface area contributed by atoms with Gasteiger partial charge in [0, 0.05) is 0 Å². The Kier molecular flexibility index (Phi) is 4.02. The summed E-state index contributed by atoms with van der Waals surface area (Å²) in [5.74, 6) is -0.460. The molecule has 0 aromatic heterocycles. The highest BCUT2D eigenvalue weighted by Crippen LogP contribution is 2.27. The second-order valence-corrected chi connectivity index (χ2v) is 2.58. The number of carbonyl (C=O) groups excluding carboxylic acids is 3. The Bertz CT molecular complexity index is 412. The van der Waals surface area contributed by atoms with E-state index in [-0.39, 0.29) is 30.0 Å². The second-order valence-electron chi connectivity index (χ2n) is 2.58. The maximum absolute atomic E-state index is 11.2. The van der Waals surface area contributed by atoms with Crippen LogP contribution in [0.15, 0.2) is 18.2 Å². The molecule has 0 aliphatic carbocycles. The van der Waals surface area contributed by atoms with Gasteiger partial charge in [-0.1, -0.05) is 0 Å². The molecular formula is C10H8O6. The van der Waals surface area contributed by atoms with Crippen molar-refractivity contribution in [2.45, 2.75) is 0 Å². The van der Waals surface area contributed by atoms with Crippen molar-refractivity contribution >= 4 is 18.9 Å². The van der Waals surface area contributed by atoms with Crippen LogP contribution in [0.3, 0.4) is 0 Å². The Morgan fingerprint density at radius 2 is 1.94 bits per heavy atom. The van der Waals surface area contributed by atoms with Gasteiger partial charge in [0.1, 0.15) is 0 Å². The van der Waals surface area contributed by atoms with E-state index in [2.05, 4.69) is 9.47 Å². The Labute approximate surface area is 90.7 Å². The number of ether oxygens (including phenoxy) is 3. The summed E-state index contributed by atoms with van der Waals surface area (Å²) in [6.45, 7) is 0.270. The molecule has 0 spiro atoms. The van der Waals surface area contributed by atoms with Gasteiger partial charge in [-0.2, -0.15) is 0 Å². The molecule has 0 saturated carbocycles. The first-order valence-electron chi connectivity index (χ1n) is 4.16. The van der Waals surface area contributed by atoms with E-state index < -0.39 is 5.97 Å². The fraction of sp³-hybridized carbons (Fsp3) is 0.100. The summed E-state index contributed by atoms with van der Waals surface area (Å²) >= 11 is 0. The zero-order valence-electron chi connectivity index (χ0n) is 8.34. The molecular weight excluding hydrogens is 216 g/mol. The van der Waals surface area contributed by atoms with Gasteiger partial charge in [-0.15, -0.1) is 0 Å². The van der Waals surface area contributed by atoms with Gasteiger partial charge in [0.05, 0.1) is 12.7 Å². The van der Waals surface area contributed by atoms with Crippen LogP contribution in [0.4, 0.5) is 0 Å². The van der Waals surface area contributed by atoms with Crippen molar-refractivity contribution in [2.24, 2.45) is 0 Å². The van der Waals surface area contributed by atoms with Gasteiger partial charge in [0.25, 0.3) is 6.47 Å². The molecule has 0 N–H and O–H groups in total. The van der Waals surface area contributed by atoms with E-state index in [0.717, 1.165) is 0 Å². The summed E-state index contributed by atoms with van der Waals surface area (Å²) in [4.78, 5) is 31.3. The third-order valence-corrected chi connectivity index (χ3v) is 1.73. The lowest BCUT2D eigenvalue weighted by molar-refractivity contribution is -0.124. The molecule has 1 aromatic carbocycles. The first-order chi connectivity index (χ1) is 7.72. The summed E-state index contributed by atoms with van der Waals surface area (Å²) in [6.07, 6.45) is 0. The minimum absolute atomic E-state index is 0.0324. The lowest BCUT2D eigenvalue weighted by atomic mass is 10.2. The van der Waals surface area contributed by atoms with Crippen LogP contribution in [-0.4, -0.2) is 26.0 Å². The van der Waals surface area contributed by atoms with Crippen molar-refractivity contribution < 1.29 is 28.6 Å². The van der Waals surface area contributed by atoms with Gasteiger partial charge in [0.15, 0.2) is 11.5 Å². The van der Waals surface area contributed by atoms with Crippen LogP contribution in [0.1, 0.15) is 10.4 Å². The number of methoxy groups -OCH3 is 1. The van der Waals surface area contributed by atoms with Gasteiger partial charge >= 0.3 is 12.4 Å². The van der Waals surface area contributed by atoms with Crippen molar-refractivity contribution in [3.63, 3.8) is 0 Å². The molecule has 0 atom stereocenters. The molecule has 0 bridgehead atoms. The van der Waals surface area contributed by atoms with Gasteiger partial charge in [-0.05, 0) is 18.2 Å². The summed E-state index contributed by atoms with van der Waals surface area (Å²) in [6, 6.07) is 3.99. The molecule has 0 fully saturated rings. The third-order valence-electron chi connectivity index (χ3n) is 1.73. The summed E-state index contributed by atoms with van der Waals surface area (Å²) < 4.78 is 13.6. The molecule has 6 heteroatoms. The zero-order valence-corrected chi connectivity index (χ0v) is 8.34. The molecule has 0 heterocycles. The summed E-state index contributed by atoms with van der Waals surface area (Å²) in [7, 11) is 1.35. The predicted molar refractivity (Wildman–Crippen MR) is 51.2 cm³/mol. The highest BCUT2D eigenvalue weighted by atomic mass is 16.6. The highest BCUT2D eigenvalue weighted by molar-refractivity contribution is 5.93. The molecule has 6 nitrogen and oxygen atoms in total. The van der Waals surface area contributed by atoms with Crippen LogP contribution in [0.2, 0.25) is 0 Å². The number of hydrogen-bond acceptors (Lipinski definition) is 6. The van der Waals surface area contributed by atoms with E-state index in [1.165, 1.54) is 25.3 Å². The summed E-state index contributed by atoms with van der Waals surface area (Å²) in [5.41, 5.74) is 0.113. The van der Waals surface area contributed by atoms with Crippen LogP contribution in [0.25, 0.3) is 0 Å². The van der Waals surface area contributed by atoms with Crippen LogP contribution in [0.5, 0.6) is 11.5 Å². The number of rotatable bonds is 5. The smallest absolute Gasteiger partial charge is 0.345 e.